The molecule has 1 unspecified atom stereocenters. The van der Waals surface area contributed by atoms with Crippen molar-refractivity contribution in [3.8, 4) is 0 Å². The summed E-state index contributed by atoms with van der Waals surface area (Å²) in [4.78, 5) is 23.7. The lowest BCUT2D eigenvalue weighted by atomic mass is 10.0. The Labute approximate surface area is 134 Å². The number of carbonyl (C=O) groups is 2. The Bertz CT molecular complexity index is 751. The van der Waals surface area contributed by atoms with Crippen LogP contribution in [0.2, 0.25) is 0 Å². The number of anilines is 1. The number of benzene rings is 1. The van der Waals surface area contributed by atoms with Crippen LogP contribution >= 0.6 is 0 Å². The summed E-state index contributed by atoms with van der Waals surface area (Å²) in [5, 5.41) is 9.93. The highest BCUT2D eigenvalue weighted by atomic mass is 16.2. The molecular formula is C17H18N4O2. The molecule has 2 amide bonds. The van der Waals surface area contributed by atoms with Crippen LogP contribution in [-0.2, 0) is 17.8 Å². The lowest BCUT2D eigenvalue weighted by molar-refractivity contribution is -0.111. The summed E-state index contributed by atoms with van der Waals surface area (Å²) < 4.78 is 1.97. The molecule has 23 heavy (non-hydrogen) atoms. The number of rotatable bonds is 4. The predicted octanol–water partition coefficient (Wildman–Crippen LogP) is 1.75. The van der Waals surface area contributed by atoms with Crippen molar-refractivity contribution in [2.75, 3.05) is 5.32 Å². The molecule has 3 rings (SSSR count). The number of hydrogen-bond donors (Lipinski definition) is 2. The van der Waals surface area contributed by atoms with Crippen molar-refractivity contribution in [2.24, 2.45) is 0 Å². The second-order valence-corrected chi connectivity index (χ2v) is 5.48. The van der Waals surface area contributed by atoms with Gasteiger partial charge < -0.3 is 10.6 Å². The quantitative estimate of drug-likeness (QED) is 0.845. The van der Waals surface area contributed by atoms with Crippen molar-refractivity contribution in [3.05, 3.63) is 60.4 Å². The van der Waals surface area contributed by atoms with Crippen LogP contribution in [0.15, 0.2) is 49.2 Å². The number of aryl methyl sites for hydroxylation is 1. The van der Waals surface area contributed by atoms with Crippen LogP contribution in [0.5, 0.6) is 0 Å². The minimum absolute atomic E-state index is 0.0955. The second kappa shape index (κ2) is 6.48. The number of nitrogens with zero attached hydrogens (tertiary/aromatic N) is 2. The zero-order valence-electron chi connectivity index (χ0n) is 12.7. The molecule has 1 aliphatic heterocycles. The highest BCUT2D eigenvalue weighted by Crippen LogP contribution is 2.15. The van der Waals surface area contributed by atoms with Gasteiger partial charge in [0.2, 0.25) is 5.91 Å². The zero-order valence-corrected chi connectivity index (χ0v) is 12.7. The number of nitrogens with one attached hydrogen (secondary N) is 2. The fourth-order valence-corrected chi connectivity index (χ4v) is 2.69. The Morgan fingerprint density at radius 3 is 3.04 bits per heavy atom. The second-order valence-electron chi connectivity index (χ2n) is 5.48. The molecule has 0 spiro atoms. The van der Waals surface area contributed by atoms with E-state index in [1.54, 1.807) is 30.5 Å². The maximum Gasteiger partial charge on any atom is 0.251 e. The van der Waals surface area contributed by atoms with E-state index < -0.39 is 0 Å². The van der Waals surface area contributed by atoms with Crippen LogP contribution in [0.3, 0.4) is 0 Å². The van der Waals surface area contributed by atoms with Gasteiger partial charge in [-0.15, -0.1) is 0 Å². The van der Waals surface area contributed by atoms with Crippen LogP contribution in [0.1, 0.15) is 22.5 Å². The van der Waals surface area contributed by atoms with Crippen LogP contribution in [0.25, 0.3) is 0 Å². The number of carbonyl (C=O) groups excluding carboxylic acids is 2. The van der Waals surface area contributed by atoms with E-state index in [4.69, 9.17) is 0 Å². The van der Waals surface area contributed by atoms with Gasteiger partial charge in [0.15, 0.2) is 0 Å². The first-order valence-electron chi connectivity index (χ1n) is 7.51. The lowest BCUT2D eigenvalue weighted by Crippen LogP contribution is -2.40. The van der Waals surface area contributed by atoms with Crippen LogP contribution in [-0.4, -0.2) is 27.6 Å². The van der Waals surface area contributed by atoms with Crippen LogP contribution < -0.4 is 10.6 Å². The van der Waals surface area contributed by atoms with Gasteiger partial charge in [-0.2, -0.15) is 5.10 Å². The molecule has 1 aliphatic rings. The standard InChI is InChI=1S/C17H18N4O2/c1-2-16(22)19-13-5-3-4-12(10-13)17(23)20-14-7-9-21-15(11-14)6-8-18-21/h2-6,8,10,14H,1,7,9,11H2,(H,19,22)(H,20,23). The first-order chi connectivity index (χ1) is 11.2. The van der Waals surface area contributed by atoms with E-state index in [9.17, 15) is 9.59 Å². The molecule has 2 heterocycles. The van der Waals surface area contributed by atoms with Crippen molar-refractivity contribution in [1.82, 2.24) is 15.1 Å². The zero-order chi connectivity index (χ0) is 16.2. The van der Waals surface area contributed by atoms with Gasteiger partial charge in [0.05, 0.1) is 0 Å². The van der Waals surface area contributed by atoms with Crippen molar-refractivity contribution < 1.29 is 9.59 Å². The SMILES string of the molecule is C=CC(=O)Nc1cccc(C(=O)NC2CCn3nccc3C2)c1. The number of hydrogen-bond acceptors (Lipinski definition) is 3. The summed E-state index contributed by atoms with van der Waals surface area (Å²) in [6.07, 6.45) is 4.61. The Balaban J connectivity index is 1.65. The normalized spacial score (nSPS) is 16.3. The summed E-state index contributed by atoms with van der Waals surface area (Å²) in [6.45, 7) is 4.22. The molecule has 1 aromatic heterocycles. The molecule has 2 aromatic rings. The number of aromatic nitrogens is 2. The highest BCUT2D eigenvalue weighted by molar-refractivity contribution is 6.00. The lowest BCUT2D eigenvalue weighted by Gasteiger charge is -2.24. The van der Waals surface area contributed by atoms with E-state index in [1.807, 2.05) is 10.7 Å². The largest absolute Gasteiger partial charge is 0.349 e. The molecule has 0 saturated heterocycles. The minimum Gasteiger partial charge on any atom is -0.349 e. The molecule has 0 fully saturated rings. The van der Waals surface area contributed by atoms with E-state index in [0.717, 1.165) is 25.1 Å². The molecule has 6 heteroatoms. The van der Waals surface area contributed by atoms with Gasteiger partial charge in [0.1, 0.15) is 0 Å². The molecule has 2 N–H and O–H groups in total. The monoisotopic (exact) mass is 310 g/mol. The summed E-state index contributed by atoms with van der Waals surface area (Å²) in [6, 6.07) is 8.93. The maximum absolute atomic E-state index is 12.4. The van der Waals surface area contributed by atoms with Gasteiger partial charge in [-0.3, -0.25) is 14.3 Å². The van der Waals surface area contributed by atoms with E-state index in [0.29, 0.717) is 11.3 Å². The Morgan fingerprint density at radius 2 is 2.22 bits per heavy atom. The van der Waals surface area contributed by atoms with Gasteiger partial charge in [0, 0.05) is 42.1 Å². The van der Waals surface area contributed by atoms with Gasteiger partial charge >= 0.3 is 0 Å². The van der Waals surface area contributed by atoms with Crippen molar-refractivity contribution in [2.45, 2.75) is 25.4 Å². The fourth-order valence-electron chi connectivity index (χ4n) is 2.69. The molecule has 0 saturated carbocycles. The Kier molecular flexibility index (Phi) is 4.23. The molecule has 118 valence electrons. The van der Waals surface area contributed by atoms with Gasteiger partial charge in [-0.05, 0) is 36.8 Å². The summed E-state index contributed by atoms with van der Waals surface area (Å²) in [7, 11) is 0. The Hall–Kier alpha value is -2.89. The van der Waals surface area contributed by atoms with Crippen LogP contribution in [0, 0.1) is 0 Å². The molecule has 1 aromatic carbocycles. The molecule has 6 nitrogen and oxygen atoms in total. The topological polar surface area (TPSA) is 76.0 Å². The van der Waals surface area contributed by atoms with Gasteiger partial charge in [0.25, 0.3) is 5.91 Å². The minimum atomic E-state index is -0.303. The molecule has 0 aliphatic carbocycles. The summed E-state index contributed by atoms with van der Waals surface area (Å²) >= 11 is 0. The van der Waals surface area contributed by atoms with E-state index in [2.05, 4.69) is 22.3 Å². The fraction of sp³-hybridized carbons (Fsp3) is 0.235. The smallest absolute Gasteiger partial charge is 0.251 e. The third-order valence-corrected chi connectivity index (χ3v) is 3.86. The number of fused-ring (bicyclic) bond motifs is 1. The van der Waals surface area contributed by atoms with E-state index in [-0.39, 0.29) is 17.9 Å². The van der Waals surface area contributed by atoms with E-state index in [1.165, 1.54) is 6.08 Å². The number of amides is 2. The van der Waals surface area contributed by atoms with Gasteiger partial charge in [-0.25, -0.2) is 0 Å². The molecule has 0 bridgehead atoms. The maximum atomic E-state index is 12.4. The highest BCUT2D eigenvalue weighted by Gasteiger charge is 2.21. The van der Waals surface area contributed by atoms with Crippen molar-refractivity contribution in [1.29, 1.82) is 0 Å². The van der Waals surface area contributed by atoms with Crippen molar-refractivity contribution >= 4 is 17.5 Å². The molecule has 0 radical (unpaired) electrons. The van der Waals surface area contributed by atoms with Crippen LogP contribution in [0.4, 0.5) is 5.69 Å². The first kappa shape index (κ1) is 15.0. The molecule has 1 atom stereocenters. The molecular weight excluding hydrogens is 292 g/mol. The first-order valence-corrected chi connectivity index (χ1v) is 7.51. The average Bonchev–Trinajstić information content (AvgIpc) is 3.02. The predicted molar refractivity (Wildman–Crippen MR) is 87.1 cm³/mol. The third-order valence-electron chi connectivity index (χ3n) is 3.86. The Morgan fingerprint density at radius 1 is 1.35 bits per heavy atom. The summed E-state index contributed by atoms with van der Waals surface area (Å²) in [5.74, 6) is -0.444. The van der Waals surface area contributed by atoms with Gasteiger partial charge in [-0.1, -0.05) is 12.6 Å². The van der Waals surface area contributed by atoms with E-state index >= 15 is 0 Å². The average molecular weight is 310 g/mol. The summed E-state index contributed by atoms with van der Waals surface area (Å²) in [5.41, 5.74) is 2.23. The van der Waals surface area contributed by atoms with Crippen molar-refractivity contribution in [3.63, 3.8) is 0 Å². The third kappa shape index (κ3) is 3.48.